The highest BCUT2D eigenvalue weighted by molar-refractivity contribution is 7.24. The SMILES string of the molecule is COC(=O)CC(N)P=O. The lowest BCUT2D eigenvalue weighted by atomic mass is 10.4. The summed E-state index contributed by atoms with van der Waals surface area (Å²) in [4.78, 5) is 10.3. The van der Waals surface area contributed by atoms with Gasteiger partial charge in [0.25, 0.3) is 0 Å². The Hall–Kier alpha value is -0.470. The van der Waals surface area contributed by atoms with E-state index in [4.69, 9.17) is 5.73 Å². The van der Waals surface area contributed by atoms with Gasteiger partial charge in [-0.05, 0) is 0 Å². The molecule has 0 bridgehead atoms. The summed E-state index contributed by atoms with van der Waals surface area (Å²) in [5, 5.41) is 0. The van der Waals surface area contributed by atoms with Crippen LogP contribution in [0.25, 0.3) is 0 Å². The van der Waals surface area contributed by atoms with Crippen LogP contribution in [-0.4, -0.2) is 18.9 Å². The van der Waals surface area contributed by atoms with Crippen LogP contribution in [0.5, 0.6) is 0 Å². The second-order valence-electron chi connectivity index (χ2n) is 1.45. The molecule has 1 unspecified atom stereocenters. The molecule has 0 heterocycles. The maximum absolute atomic E-state index is 10.3. The van der Waals surface area contributed by atoms with Crippen molar-refractivity contribution in [3.8, 4) is 0 Å². The maximum atomic E-state index is 10.3. The fraction of sp³-hybridized carbons (Fsp3) is 0.750. The van der Waals surface area contributed by atoms with Crippen molar-refractivity contribution in [2.75, 3.05) is 7.11 Å². The van der Waals surface area contributed by atoms with Gasteiger partial charge in [-0.2, -0.15) is 0 Å². The summed E-state index contributed by atoms with van der Waals surface area (Å²) >= 11 is 0. The normalized spacial score (nSPS) is 13.1. The Balaban J connectivity index is 3.46. The molecule has 4 nitrogen and oxygen atoms in total. The molecule has 0 aliphatic heterocycles. The third kappa shape index (κ3) is 4.06. The van der Waals surface area contributed by atoms with Gasteiger partial charge in [0.1, 0.15) is 0 Å². The first kappa shape index (κ1) is 8.53. The van der Waals surface area contributed by atoms with Crippen molar-refractivity contribution in [2.24, 2.45) is 5.73 Å². The van der Waals surface area contributed by atoms with Gasteiger partial charge in [0.15, 0.2) is 8.46 Å². The zero-order valence-corrected chi connectivity index (χ0v) is 5.93. The quantitative estimate of drug-likeness (QED) is 0.457. The Morgan fingerprint density at radius 3 is 2.78 bits per heavy atom. The van der Waals surface area contributed by atoms with Gasteiger partial charge in [0.05, 0.1) is 19.3 Å². The van der Waals surface area contributed by atoms with Crippen LogP contribution in [0.15, 0.2) is 0 Å². The van der Waals surface area contributed by atoms with Crippen LogP contribution in [0.3, 0.4) is 0 Å². The van der Waals surface area contributed by atoms with E-state index < -0.39 is 11.8 Å². The Morgan fingerprint density at radius 1 is 1.89 bits per heavy atom. The summed E-state index contributed by atoms with van der Waals surface area (Å²) in [7, 11) is 1.04. The van der Waals surface area contributed by atoms with Crippen molar-refractivity contribution in [3.05, 3.63) is 0 Å². The first-order valence-electron chi connectivity index (χ1n) is 2.35. The molecular formula is C4H8NO3P. The highest BCUT2D eigenvalue weighted by atomic mass is 31.1. The molecule has 0 saturated heterocycles. The molecule has 2 N–H and O–H groups in total. The van der Waals surface area contributed by atoms with Crippen LogP contribution in [-0.2, 0) is 14.1 Å². The summed E-state index contributed by atoms with van der Waals surface area (Å²) in [6.07, 6.45) is 0.00154. The number of ether oxygens (including phenoxy) is 1. The lowest BCUT2D eigenvalue weighted by Gasteiger charge is -1.98. The molecule has 52 valence electrons. The van der Waals surface area contributed by atoms with E-state index in [0.29, 0.717) is 0 Å². The molecule has 0 radical (unpaired) electrons. The van der Waals surface area contributed by atoms with E-state index in [9.17, 15) is 9.36 Å². The standard InChI is InChI=1S/C4H8NO3P/c1-8-4(6)2-3(5)9-7/h3H,2,5H2,1H3. The number of hydrogen-bond acceptors (Lipinski definition) is 4. The van der Waals surface area contributed by atoms with Gasteiger partial charge in [-0.1, -0.05) is 0 Å². The van der Waals surface area contributed by atoms with E-state index in [0.717, 1.165) is 0 Å². The van der Waals surface area contributed by atoms with Crippen molar-refractivity contribution in [1.29, 1.82) is 0 Å². The Morgan fingerprint density at radius 2 is 2.44 bits per heavy atom. The number of methoxy groups -OCH3 is 1. The average molecular weight is 149 g/mol. The van der Waals surface area contributed by atoms with E-state index in [1.54, 1.807) is 0 Å². The maximum Gasteiger partial charge on any atom is 0.307 e. The van der Waals surface area contributed by atoms with E-state index >= 15 is 0 Å². The third-order valence-corrected chi connectivity index (χ3v) is 1.19. The fourth-order valence-corrected chi connectivity index (χ4v) is 0.515. The van der Waals surface area contributed by atoms with Crippen LogP contribution in [0.4, 0.5) is 0 Å². The van der Waals surface area contributed by atoms with Gasteiger partial charge in [0.2, 0.25) is 0 Å². The highest BCUT2D eigenvalue weighted by Crippen LogP contribution is 2.03. The zero-order valence-electron chi connectivity index (χ0n) is 5.03. The molecule has 0 spiro atoms. The third-order valence-electron chi connectivity index (χ3n) is 0.739. The summed E-state index contributed by atoms with van der Waals surface area (Å²) in [5.41, 5.74) is 5.12. The Kier molecular flexibility index (Phi) is 4.18. The van der Waals surface area contributed by atoms with Crippen LogP contribution >= 0.6 is 8.46 Å². The van der Waals surface area contributed by atoms with Gasteiger partial charge in [-0.3, -0.25) is 9.36 Å². The summed E-state index contributed by atoms with van der Waals surface area (Å²) in [6, 6.07) is 0. The predicted octanol–water partition coefficient (Wildman–Crippen LogP) is 0.126. The van der Waals surface area contributed by atoms with Crippen molar-refractivity contribution >= 4 is 14.4 Å². The smallest absolute Gasteiger partial charge is 0.307 e. The summed E-state index contributed by atoms with van der Waals surface area (Å²) in [5.74, 6) is -1.07. The van der Waals surface area contributed by atoms with Crippen LogP contribution < -0.4 is 5.73 Å². The van der Waals surface area contributed by atoms with Crippen LogP contribution in [0.1, 0.15) is 6.42 Å². The number of rotatable bonds is 3. The molecule has 0 aromatic heterocycles. The minimum atomic E-state index is -0.627. The predicted molar refractivity (Wildman–Crippen MR) is 32.2 cm³/mol. The molecule has 9 heavy (non-hydrogen) atoms. The summed E-state index contributed by atoms with van der Waals surface area (Å²) < 4.78 is 14.2. The molecule has 0 fully saturated rings. The summed E-state index contributed by atoms with van der Waals surface area (Å²) in [6.45, 7) is 0. The monoisotopic (exact) mass is 149 g/mol. The van der Waals surface area contributed by atoms with Gasteiger partial charge in [-0.25, -0.2) is 0 Å². The van der Waals surface area contributed by atoms with E-state index in [-0.39, 0.29) is 14.9 Å². The molecule has 5 heteroatoms. The number of carbonyl (C=O) groups is 1. The van der Waals surface area contributed by atoms with Crippen molar-refractivity contribution in [2.45, 2.75) is 12.2 Å². The van der Waals surface area contributed by atoms with Crippen molar-refractivity contribution < 1.29 is 14.1 Å². The van der Waals surface area contributed by atoms with E-state index in [1.807, 2.05) is 0 Å². The number of nitrogens with two attached hydrogens (primary N) is 1. The van der Waals surface area contributed by atoms with E-state index in [2.05, 4.69) is 4.74 Å². The van der Waals surface area contributed by atoms with Gasteiger partial charge in [0, 0.05) is 0 Å². The highest BCUT2D eigenvalue weighted by Gasteiger charge is 2.07. The zero-order chi connectivity index (χ0) is 7.28. The molecule has 0 amide bonds. The Labute approximate surface area is 54.6 Å². The van der Waals surface area contributed by atoms with Gasteiger partial charge in [-0.15, -0.1) is 0 Å². The molecule has 0 aromatic rings. The number of hydrogen-bond donors (Lipinski definition) is 1. The molecular weight excluding hydrogens is 141 g/mol. The number of esters is 1. The molecule has 1 atom stereocenters. The van der Waals surface area contributed by atoms with E-state index in [1.165, 1.54) is 7.11 Å². The lowest BCUT2D eigenvalue weighted by Crippen LogP contribution is -2.17. The molecule has 0 saturated carbocycles. The molecule has 0 aliphatic rings. The lowest BCUT2D eigenvalue weighted by molar-refractivity contribution is -0.140. The largest absolute Gasteiger partial charge is 0.469 e. The first-order chi connectivity index (χ1) is 4.20. The van der Waals surface area contributed by atoms with Crippen LogP contribution in [0, 0.1) is 0 Å². The molecule has 0 aromatic carbocycles. The topological polar surface area (TPSA) is 69.4 Å². The number of carbonyl (C=O) groups excluding carboxylic acids is 1. The second kappa shape index (κ2) is 4.41. The van der Waals surface area contributed by atoms with Crippen LogP contribution in [0.2, 0.25) is 0 Å². The second-order valence-corrected chi connectivity index (χ2v) is 2.33. The van der Waals surface area contributed by atoms with Crippen molar-refractivity contribution in [3.63, 3.8) is 0 Å². The van der Waals surface area contributed by atoms with Gasteiger partial charge >= 0.3 is 5.97 Å². The molecule has 0 rings (SSSR count). The van der Waals surface area contributed by atoms with Gasteiger partial charge < -0.3 is 10.5 Å². The van der Waals surface area contributed by atoms with Crippen molar-refractivity contribution in [1.82, 2.24) is 0 Å². The Bertz CT molecular complexity index is 116. The fourth-order valence-electron chi connectivity index (χ4n) is 0.291. The minimum Gasteiger partial charge on any atom is -0.469 e. The minimum absolute atomic E-state index is 0.00154. The first-order valence-corrected chi connectivity index (χ1v) is 3.23. The average Bonchev–Trinajstić information content (AvgIpc) is 1.87. The molecule has 0 aliphatic carbocycles.